The first-order chi connectivity index (χ1) is 9.45. The van der Waals surface area contributed by atoms with Crippen LogP contribution in [-0.2, 0) is 0 Å². The molecule has 0 bridgehead atoms. The first-order valence-corrected chi connectivity index (χ1v) is 7.66. The Kier molecular flexibility index (Phi) is 5.63. The maximum atomic E-state index is 3.39. The van der Waals surface area contributed by atoms with Gasteiger partial charge in [0.05, 0.1) is 0 Å². The molecule has 2 heteroatoms. The van der Waals surface area contributed by atoms with E-state index in [9.17, 15) is 0 Å². The van der Waals surface area contributed by atoms with Crippen LogP contribution in [0.2, 0.25) is 0 Å². The van der Waals surface area contributed by atoms with Gasteiger partial charge in [0.1, 0.15) is 0 Å². The maximum Gasteiger partial charge on any atom is -0.00724 e. The predicted molar refractivity (Wildman–Crippen MR) is 91.1 cm³/mol. The van der Waals surface area contributed by atoms with Crippen LogP contribution in [0.5, 0.6) is 0 Å². The molecule has 0 N–H and O–H groups in total. The van der Waals surface area contributed by atoms with Gasteiger partial charge >= 0.3 is 18.9 Å². The van der Waals surface area contributed by atoms with Crippen molar-refractivity contribution in [3.63, 3.8) is 0 Å². The zero-order chi connectivity index (χ0) is 12.9. The van der Waals surface area contributed by atoms with E-state index in [2.05, 4.69) is 78.9 Å². The van der Waals surface area contributed by atoms with Crippen LogP contribution in [0.25, 0.3) is 0 Å². The summed E-state index contributed by atoms with van der Waals surface area (Å²) in [6, 6.07) is 33.1. The second-order valence-corrected chi connectivity index (χ2v) is 6.44. The van der Waals surface area contributed by atoms with E-state index in [0.717, 1.165) is 0 Å². The fraction of sp³-hybridized carbons (Fsp3) is 0. The summed E-state index contributed by atoms with van der Waals surface area (Å²) in [5, 5.41) is 4.01. The number of benzene rings is 3. The molecule has 0 atom stereocenters. The number of rotatable bonds is 3. The van der Waals surface area contributed by atoms with Crippen molar-refractivity contribution >= 4 is 42.7 Å². The first-order valence-electron chi connectivity index (χ1n) is 6.32. The van der Waals surface area contributed by atoms with Crippen LogP contribution < -0.4 is 15.9 Å². The minimum Gasteiger partial charge on any atom is -0.0622 e. The van der Waals surface area contributed by atoms with Gasteiger partial charge in [-0.3, -0.25) is 0 Å². The van der Waals surface area contributed by atoms with Gasteiger partial charge in [0.25, 0.3) is 0 Å². The van der Waals surface area contributed by atoms with Crippen molar-refractivity contribution in [1.29, 1.82) is 0 Å². The van der Waals surface area contributed by atoms with Crippen LogP contribution in [0.1, 0.15) is 0 Å². The summed E-state index contributed by atoms with van der Waals surface area (Å²) in [6.07, 6.45) is 0. The molecule has 0 amide bonds. The van der Waals surface area contributed by atoms with Crippen LogP contribution in [0.4, 0.5) is 0 Å². The molecule has 3 rings (SSSR count). The van der Waals surface area contributed by atoms with E-state index in [4.69, 9.17) is 0 Å². The van der Waals surface area contributed by atoms with Crippen LogP contribution in [-0.4, -0.2) is 18.9 Å². The molecule has 0 aliphatic heterocycles. The zero-order valence-corrected chi connectivity index (χ0v) is 11.4. The van der Waals surface area contributed by atoms with Crippen molar-refractivity contribution in [2.24, 2.45) is 0 Å². The predicted octanol–water partition coefficient (Wildman–Crippen LogP) is 2.60. The topological polar surface area (TPSA) is 0 Å². The summed E-state index contributed by atoms with van der Waals surface area (Å²) in [7, 11) is -0.502. The molecule has 93 valence electrons. The Morgan fingerprint density at radius 3 is 1.55 bits per heavy atom. The molecule has 3 aromatic carbocycles. The molecule has 0 aliphatic rings. The minimum absolute atomic E-state index is 0. The zero-order valence-electron chi connectivity index (χ0n) is 10.5. The summed E-state index contributed by atoms with van der Waals surface area (Å²) in [4.78, 5) is 0. The molecular weight excluding hydrogens is 254 g/mol. The van der Waals surface area contributed by atoms with Gasteiger partial charge < -0.3 is 0 Å². The van der Waals surface area contributed by atoms with Crippen molar-refractivity contribution in [2.45, 2.75) is 0 Å². The van der Waals surface area contributed by atoms with Gasteiger partial charge in [0, 0.05) is 0 Å². The summed E-state index contributed by atoms with van der Waals surface area (Å²) < 4.78 is 0. The molecular formula is C18H15LiP. The molecule has 3 aromatic rings. The van der Waals surface area contributed by atoms with E-state index in [1.54, 1.807) is 0 Å². The van der Waals surface area contributed by atoms with Crippen molar-refractivity contribution in [3.8, 4) is 0 Å². The average molecular weight is 269 g/mol. The van der Waals surface area contributed by atoms with E-state index >= 15 is 0 Å². The Bertz CT molecular complexity index is 529. The number of hydrogen-bond donors (Lipinski definition) is 0. The molecule has 0 fully saturated rings. The molecule has 1 radical (unpaired) electrons. The number of hydrogen-bond acceptors (Lipinski definition) is 0. The largest absolute Gasteiger partial charge is 0.0622 e. The first kappa shape index (κ1) is 15.1. The van der Waals surface area contributed by atoms with E-state index in [0.29, 0.717) is 0 Å². The molecule has 0 nitrogen and oxygen atoms in total. The van der Waals surface area contributed by atoms with Gasteiger partial charge in [-0.1, -0.05) is 84.9 Å². The molecule has 0 aromatic heterocycles. The SMILES string of the molecule is [LiH].[c]1ccccc1P(c1ccccc1)c1ccccc1. The standard InChI is InChI=1S/C18H14P.Li.H/c1-4-10-16(11-5-1)19(17-12-6-2-7-13-17)18-14-8-3-9-15-18;;/h1-14H;;. The summed E-state index contributed by atoms with van der Waals surface area (Å²) in [5.74, 6) is 0. The Morgan fingerprint density at radius 1 is 0.600 bits per heavy atom. The van der Waals surface area contributed by atoms with Crippen LogP contribution in [0.3, 0.4) is 0 Å². The van der Waals surface area contributed by atoms with Gasteiger partial charge in [-0.2, -0.15) is 0 Å². The smallest absolute Gasteiger partial charge is 0.00724 e. The normalized spacial score (nSPS) is 10.1. The monoisotopic (exact) mass is 269 g/mol. The Labute approximate surface area is 133 Å². The van der Waals surface area contributed by atoms with E-state index in [1.807, 2.05) is 12.1 Å². The van der Waals surface area contributed by atoms with Gasteiger partial charge in [-0.15, -0.1) is 0 Å². The molecule has 0 aliphatic carbocycles. The Balaban J connectivity index is 0.00000147. The maximum absolute atomic E-state index is 3.39. The van der Waals surface area contributed by atoms with Crippen molar-refractivity contribution in [3.05, 3.63) is 91.0 Å². The van der Waals surface area contributed by atoms with E-state index < -0.39 is 7.92 Å². The summed E-state index contributed by atoms with van der Waals surface area (Å²) >= 11 is 0. The van der Waals surface area contributed by atoms with Crippen LogP contribution in [0, 0.1) is 6.07 Å². The Morgan fingerprint density at radius 2 is 1.10 bits per heavy atom. The molecule has 0 unspecified atom stereocenters. The summed E-state index contributed by atoms with van der Waals surface area (Å²) in [5.41, 5.74) is 0. The minimum atomic E-state index is -0.502. The third-order valence-corrected chi connectivity index (χ3v) is 5.35. The molecule has 0 heterocycles. The van der Waals surface area contributed by atoms with Crippen molar-refractivity contribution in [2.75, 3.05) is 0 Å². The van der Waals surface area contributed by atoms with Gasteiger partial charge in [-0.25, -0.2) is 0 Å². The molecule has 20 heavy (non-hydrogen) atoms. The Hall–Kier alpha value is -1.31. The average Bonchev–Trinajstić information content (AvgIpc) is 2.51. The third kappa shape index (κ3) is 3.41. The van der Waals surface area contributed by atoms with Crippen LogP contribution in [0.15, 0.2) is 84.9 Å². The van der Waals surface area contributed by atoms with Gasteiger partial charge in [0.15, 0.2) is 0 Å². The van der Waals surface area contributed by atoms with Crippen molar-refractivity contribution < 1.29 is 0 Å². The van der Waals surface area contributed by atoms with Gasteiger partial charge in [0.2, 0.25) is 0 Å². The van der Waals surface area contributed by atoms with Gasteiger partial charge in [-0.05, 0) is 29.9 Å². The van der Waals surface area contributed by atoms with Crippen LogP contribution >= 0.6 is 7.92 Å². The van der Waals surface area contributed by atoms with E-state index in [1.165, 1.54) is 15.9 Å². The van der Waals surface area contributed by atoms with E-state index in [-0.39, 0.29) is 18.9 Å². The van der Waals surface area contributed by atoms with Crippen molar-refractivity contribution in [1.82, 2.24) is 0 Å². The molecule has 0 saturated carbocycles. The second kappa shape index (κ2) is 7.46. The molecule has 0 spiro atoms. The molecule has 0 saturated heterocycles. The fourth-order valence-electron chi connectivity index (χ4n) is 2.10. The fourth-order valence-corrected chi connectivity index (χ4v) is 4.34. The quantitative estimate of drug-likeness (QED) is 0.506. The third-order valence-electron chi connectivity index (χ3n) is 2.96. The summed E-state index contributed by atoms with van der Waals surface area (Å²) in [6.45, 7) is 0. The second-order valence-electron chi connectivity index (χ2n) is 4.25.